The second-order valence-electron chi connectivity index (χ2n) is 8.04. The minimum atomic E-state index is -3.55. The van der Waals surface area contributed by atoms with Crippen molar-refractivity contribution in [2.75, 3.05) is 51.1 Å². The number of rotatable bonds is 9. The van der Waals surface area contributed by atoms with Crippen LogP contribution in [0.5, 0.6) is 11.5 Å². The predicted molar refractivity (Wildman–Crippen MR) is 129 cm³/mol. The molecule has 8 nitrogen and oxygen atoms in total. The lowest BCUT2D eigenvalue weighted by Gasteiger charge is -2.21. The van der Waals surface area contributed by atoms with Crippen LogP contribution in [0.2, 0.25) is 0 Å². The summed E-state index contributed by atoms with van der Waals surface area (Å²) in [5.41, 5.74) is 0.724. The number of aromatic nitrogens is 1. The van der Waals surface area contributed by atoms with Gasteiger partial charge in [0.1, 0.15) is 13.2 Å². The van der Waals surface area contributed by atoms with Crippen LogP contribution < -0.4 is 14.4 Å². The number of ether oxygens (including phenoxy) is 2. The molecule has 0 aliphatic carbocycles. The number of anilines is 1. The van der Waals surface area contributed by atoms with Crippen molar-refractivity contribution in [1.82, 2.24) is 9.88 Å². The highest BCUT2D eigenvalue weighted by Gasteiger charge is 2.24. The molecule has 0 radical (unpaired) electrons. The molecule has 3 aromatic rings. The van der Waals surface area contributed by atoms with E-state index in [1.807, 2.05) is 31.1 Å². The van der Waals surface area contributed by atoms with Crippen molar-refractivity contribution in [3.05, 3.63) is 42.5 Å². The summed E-state index contributed by atoms with van der Waals surface area (Å²) in [7, 11) is 0.400. The van der Waals surface area contributed by atoms with Crippen LogP contribution in [0.15, 0.2) is 47.4 Å². The number of sulfone groups is 1. The van der Waals surface area contributed by atoms with Gasteiger partial charge in [-0.1, -0.05) is 29.5 Å². The highest BCUT2D eigenvalue weighted by Crippen LogP contribution is 2.39. The number of hydrogen-bond acceptors (Lipinski definition) is 8. The third-order valence-electron chi connectivity index (χ3n) is 5.25. The molecule has 0 saturated carbocycles. The molecule has 0 unspecified atom stereocenters. The number of thiazole rings is 1. The molecule has 2 aromatic carbocycles. The average molecular weight is 490 g/mol. The second kappa shape index (κ2) is 10.1. The van der Waals surface area contributed by atoms with Gasteiger partial charge >= 0.3 is 0 Å². The van der Waals surface area contributed by atoms with Gasteiger partial charge < -0.3 is 14.4 Å². The number of carbonyl (C=O) groups is 1. The molecule has 0 bridgehead atoms. The number of amides is 1. The summed E-state index contributed by atoms with van der Waals surface area (Å²) in [6.45, 7) is 2.23. The van der Waals surface area contributed by atoms with Crippen molar-refractivity contribution in [2.45, 2.75) is 17.7 Å². The fourth-order valence-corrected chi connectivity index (χ4v) is 5.81. The van der Waals surface area contributed by atoms with E-state index in [9.17, 15) is 13.2 Å². The molecule has 0 spiro atoms. The first kappa shape index (κ1) is 23.5. The molecule has 1 aromatic heterocycles. The molecule has 0 fully saturated rings. The largest absolute Gasteiger partial charge is 0.486 e. The first-order valence-electron chi connectivity index (χ1n) is 10.8. The topological polar surface area (TPSA) is 89.0 Å². The van der Waals surface area contributed by atoms with Gasteiger partial charge in [0.05, 0.1) is 20.9 Å². The zero-order valence-corrected chi connectivity index (χ0v) is 20.3. The van der Waals surface area contributed by atoms with E-state index in [-0.39, 0.29) is 23.0 Å². The summed E-state index contributed by atoms with van der Waals surface area (Å²) >= 11 is 1.39. The molecule has 0 atom stereocenters. The second-order valence-corrected chi connectivity index (χ2v) is 11.2. The first-order chi connectivity index (χ1) is 15.8. The molecule has 176 valence electrons. The normalized spacial score (nSPS) is 13.4. The van der Waals surface area contributed by atoms with E-state index in [0.29, 0.717) is 36.4 Å². The van der Waals surface area contributed by atoms with Crippen molar-refractivity contribution in [2.24, 2.45) is 0 Å². The van der Waals surface area contributed by atoms with Crippen LogP contribution in [0, 0.1) is 0 Å². The van der Waals surface area contributed by atoms with Crippen LogP contribution in [-0.2, 0) is 14.6 Å². The average Bonchev–Trinajstić information content (AvgIpc) is 3.21. The van der Waals surface area contributed by atoms with Crippen LogP contribution in [0.25, 0.3) is 10.2 Å². The minimum Gasteiger partial charge on any atom is -0.486 e. The Labute approximate surface area is 197 Å². The lowest BCUT2D eigenvalue weighted by Crippen LogP contribution is -2.34. The lowest BCUT2D eigenvalue weighted by atomic mass is 10.3. The maximum Gasteiger partial charge on any atom is 0.229 e. The summed E-state index contributed by atoms with van der Waals surface area (Å²) < 4.78 is 37.5. The van der Waals surface area contributed by atoms with E-state index in [1.54, 1.807) is 35.2 Å². The summed E-state index contributed by atoms with van der Waals surface area (Å²) in [6, 6.07) is 11.9. The van der Waals surface area contributed by atoms with E-state index in [1.165, 1.54) is 11.3 Å². The molecular formula is C23H27N3O5S2. The Morgan fingerprint density at radius 1 is 1.06 bits per heavy atom. The van der Waals surface area contributed by atoms with Crippen molar-refractivity contribution in [1.29, 1.82) is 0 Å². The van der Waals surface area contributed by atoms with E-state index >= 15 is 0 Å². The van der Waals surface area contributed by atoms with Crippen LogP contribution >= 0.6 is 11.3 Å². The number of carbonyl (C=O) groups excluding carboxylic acids is 1. The summed E-state index contributed by atoms with van der Waals surface area (Å²) in [6.07, 6.45) is 0.626. The van der Waals surface area contributed by atoms with Gasteiger partial charge in [0.25, 0.3) is 0 Å². The van der Waals surface area contributed by atoms with Gasteiger partial charge in [-0.3, -0.25) is 9.69 Å². The minimum absolute atomic E-state index is 0.113. The van der Waals surface area contributed by atoms with Crippen LogP contribution in [0.3, 0.4) is 0 Å². The Hall–Kier alpha value is -2.69. The summed E-state index contributed by atoms with van der Waals surface area (Å²) in [4.78, 5) is 21.7. The molecule has 1 aliphatic rings. The van der Waals surface area contributed by atoms with Crippen molar-refractivity contribution < 1.29 is 22.7 Å². The highest BCUT2D eigenvalue weighted by molar-refractivity contribution is 7.91. The van der Waals surface area contributed by atoms with E-state index in [4.69, 9.17) is 9.47 Å². The molecule has 10 heteroatoms. The maximum absolute atomic E-state index is 13.2. The fraction of sp³-hybridized carbons (Fsp3) is 0.391. The molecule has 1 amide bonds. The van der Waals surface area contributed by atoms with E-state index < -0.39 is 9.84 Å². The van der Waals surface area contributed by atoms with Gasteiger partial charge in [0.15, 0.2) is 26.5 Å². The molecule has 1 aliphatic heterocycles. The molecule has 0 N–H and O–H groups in total. The van der Waals surface area contributed by atoms with Crippen LogP contribution in [-0.4, -0.2) is 70.4 Å². The van der Waals surface area contributed by atoms with Gasteiger partial charge in [-0.2, -0.15) is 0 Å². The van der Waals surface area contributed by atoms with Crippen LogP contribution in [0.4, 0.5) is 5.13 Å². The zero-order chi connectivity index (χ0) is 23.4. The standard InChI is InChI=1S/C23H27N3O5S2/c1-25(2)10-6-11-26(22(27)9-14-33(28,29)17-7-4-3-5-8-17)23-24-18-15-19-20(16-21(18)32-23)31-13-12-30-19/h3-5,7-8,15-16H,6,9-14H2,1-2H3. The zero-order valence-electron chi connectivity index (χ0n) is 18.7. The van der Waals surface area contributed by atoms with Gasteiger partial charge in [-0.25, -0.2) is 13.4 Å². The Balaban J connectivity index is 1.56. The van der Waals surface area contributed by atoms with Crippen molar-refractivity contribution in [3.63, 3.8) is 0 Å². The molecule has 0 saturated heterocycles. The lowest BCUT2D eigenvalue weighted by molar-refractivity contribution is -0.118. The Morgan fingerprint density at radius 3 is 2.45 bits per heavy atom. The highest BCUT2D eigenvalue weighted by atomic mass is 32.2. The quantitative estimate of drug-likeness (QED) is 0.456. The third-order valence-corrected chi connectivity index (χ3v) is 8.02. The summed E-state index contributed by atoms with van der Waals surface area (Å²) in [5.74, 6) is 0.805. The predicted octanol–water partition coefficient (Wildman–Crippen LogP) is 3.22. The molecule has 33 heavy (non-hydrogen) atoms. The van der Waals surface area contributed by atoms with Gasteiger partial charge in [-0.05, 0) is 39.2 Å². The number of nitrogens with zero attached hydrogens (tertiary/aromatic N) is 3. The van der Waals surface area contributed by atoms with E-state index in [0.717, 1.165) is 23.2 Å². The van der Waals surface area contributed by atoms with Gasteiger partial charge in [0.2, 0.25) is 5.91 Å². The third kappa shape index (κ3) is 5.63. The number of fused-ring (bicyclic) bond motifs is 2. The molecular weight excluding hydrogens is 462 g/mol. The van der Waals surface area contributed by atoms with Crippen molar-refractivity contribution >= 4 is 42.4 Å². The Kier molecular flexibility index (Phi) is 7.16. The Bertz CT molecular complexity index is 1180. The van der Waals surface area contributed by atoms with E-state index in [2.05, 4.69) is 4.98 Å². The first-order valence-corrected chi connectivity index (χ1v) is 13.2. The SMILES string of the molecule is CN(C)CCCN(C(=O)CCS(=O)(=O)c1ccccc1)c1nc2cc3c(cc2s1)OCCO3. The smallest absolute Gasteiger partial charge is 0.229 e. The van der Waals surface area contributed by atoms with Gasteiger partial charge in [0, 0.05) is 25.1 Å². The fourth-order valence-electron chi connectivity index (χ4n) is 3.54. The Morgan fingerprint density at radius 2 is 1.76 bits per heavy atom. The van der Waals surface area contributed by atoms with Crippen molar-refractivity contribution in [3.8, 4) is 11.5 Å². The number of benzene rings is 2. The van der Waals surface area contributed by atoms with Gasteiger partial charge in [-0.15, -0.1) is 0 Å². The molecule has 4 rings (SSSR count). The summed E-state index contributed by atoms with van der Waals surface area (Å²) in [5, 5.41) is 0.549. The molecule has 2 heterocycles. The maximum atomic E-state index is 13.2. The number of hydrogen-bond donors (Lipinski definition) is 0. The monoisotopic (exact) mass is 489 g/mol. The van der Waals surface area contributed by atoms with Crippen LogP contribution in [0.1, 0.15) is 12.8 Å².